The Bertz CT molecular complexity index is 1060. The van der Waals surface area contributed by atoms with Crippen LogP contribution in [0.3, 0.4) is 0 Å². The van der Waals surface area contributed by atoms with Crippen LogP contribution >= 0.6 is 0 Å². The molecule has 0 saturated heterocycles. The Hall–Kier alpha value is -3.26. The number of aliphatic hydroxyl groups excluding tert-OH is 1. The lowest BCUT2D eigenvalue weighted by molar-refractivity contribution is -0.140. The molecule has 0 bridgehead atoms. The molecule has 8 heteroatoms. The van der Waals surface area contributed by atoms with Gasteiger partial charge in [0.1, 0.15) is 5.69 Å². The van der Waals surface area contributed by atoms with Crippen LogP contribution in [0.15, 0.2) is 42.6 Å². The summed E-state index contributed by atoms with van der Waals surface area (Å²) >= 11 is 0. The van der Waals surface area contributed by atoms with Gasteiger partial charge in [-0.25, -0.2) is 9.78 Å². The molecule has 156 valence electrons. The molecular weight excluding hydrogens is 384 g/mol. The number of aliphatic hydroxyl groups is 1. The van der Waals surface area contributed by atoms with Crippen molar-refractivity contribution in [1.82, 2.24) is 19.9 Å². The molecule has 2 aromatic heterocycles. The third-order valence-corrected chi connectivity index (χ3v) is 5.57. The summed E-state index contributed by atoms with van der Waals surface area (Å²) < 4.78 is 2.23. The fourth-order valence-corrected chi connectivity index (χ4v) is 4.05. The third kappa shape index (κ3) is 3.91. The Morgan fingerprint density at radius 1 is 1.17 bits per heavy atom. The SMILES string of the molecule is O=C(N[C@H](CO)C(=O)O)c1ccc2c(c1)nc(-c1ccccn1)n2C1CCCCC1. The Balaban J connectivity index is 1.75. The highest BCUT2D eigenvalue weighted by Crippen LogP contribution is 2.35. The number of imidazole rings is 1. The van der Waals surface area contributed by atoms with Crippen molar-refractivity contribution < 1.29 is 19.8 Å². The predicted molar refractivity (Wildman–Crippen MR) is 111 cm³/mol. The monoisotopic (exact) mass is 408 g/mol. The minimum Gasteiger partial charge on any atom is -0.480 e. The molecule has 8 nitrogen and oxygen atoms in total. The summed E-state index contributed by atoms with van der Waals surface area (Å²) in [5, 5.41) is 20.5. The summed E-state index contributed by atoms with van der Waals surface area (Å²) in [6.07, 6.45) is 7.46. The molecule has 1 atom stereocenters. The van der Waals surface area contributed by atoms with Gasteiger partial charge in [0.05, 0.1) is 17.6 Å². The van der Waals surface area contributed by atoms with Gasteiger partial charge in [-0.05, 0) is 43.2 Å². The molecule has 3 aromatic rings. The maximum atomic E-state index is 12.5. The fraction of sp³-hybridized carbons (Fsp3) is 0.364. The zero-order valence-corrected chi connectivity index (χ0v) is 16.5. The van der Waals surface area contributed by atoms with Gasteiger partial charge in [0.15, 0.2) is 11.9 Å². The van der Waals surface area contributed by atoms with E-state index in [1.54, 1.807) is 18.3 Å². The van der Waals surface area contributed by atoms with Gasteiger partial charge in [0.25, 0.3) is 5.91 Å². The number of aliphatic carboxylic acids is 1. The highest BCUT2D eigenvalue weighted by atomic mass is 16.4. The zero-order valence-electron chi connectivity index (χ0n) is 16.5. The molecule has 1 aliphatic carbocycles. The number of nitrogens with one attached hydrogen (secondary N) is 1. The van der Waals surface area contributed by atoms with Crippen LogP contribution < -0.4 is 5.32 Å². The lowest BCUT2D eigenvalue weighted by Gasteiger charge is -2.25. The van der Waals surface area contributed by atoms with E-state index in [4.69, 9.17) is 15.2 Å². The molecule has 0 aliphatic heterocycles. The lowest BCUT2D eigenvalue weighted by atomic mass is 9.95. The number of carbonyl (C=O) groups excluding carboxylic acids is 1. The molecule has 3 N–H and O–H groups in total. The molecule has 1 saturated carbocycles. The van der Waals surface area contributed by atoms with E-state index in [0.717, 1.165) is 29.9 Å². The minimum atomic E-state index is -1.35. The maximum Gasteiger partial charge on any atom is 0.328 e. The quantitative estimate of drug-likeness (QED) is 0.577. The van der Waals surface area contributed by atoms with Crippen LogP contribution in [0.5, 0.6) is 0 Å². The highest BCUT2D eigenvalue weighted by molar-refractivity contribution is 5.99. The largest absolute Gasteiger partial charge is 0.480 e. The molecule has 1 fully saturated rings. The van der Waals surface area contributed by atoms with Crippen LogP contribution in [-0.4, -0.2) is 49.3 Å². The standard InChI is InChI=1S/C22H24N4O4/c27-13-18(22(29)30)25-21(28)14-9-10-19-17(12-14)24-20(16-8-4-5-11-23-16)26(19)15-6-2-1-3-7-15/h4-5,8-12,15,18,27H,1-3,6-7,13H2,(H,25,28)(H,29,30)/t18-/m1/s1. The molecule has 0 radical (unpaired) electrons. The number of carboxylic acid groups (broad SMARTS) is 1. The highest BCUT2D eigenvalue weighted by Gasteiger charge is 2.24. The Kier molecular flexibility index (Phi) is 5.76. The van der Waals surface area contributed by atoms with Crippen LogP contribution in [0.25, 0.3) is 22.6 Å². The number of rotatable bonds is 6. The first-order valence-corrected chi connectivity index (χ1v) is 10.2. The number of hydrogen-bond donors (Lipinski definition) is 3. The van der Waals surface area contributed by atoms with E-state index < -0.39 is 24.5 Å². The normalized spacial score (nSPS) is 15.8. The molecule has 0 unspecified atom stereocenters. The van der Waals surface area contributed by atoms with Crippen molar-refractivity contribution in [2.45, 2.75) is 44.2 Å². The van der Waals surface area contributed by atoms with Gasteiger partial charge in [-0.15, -0.1) is 0 Å². The summed E-state index contributed by atoms with van der Waals surface area (Å²) in [6, 6.07) is 9.86. The van der Waals surface area contributed by atoms with Crippen molar-refractivity contribution >= 4 is 22.9 Å². The second-order valence-corrected chi connectivity index (χ2v) is 7.56. The number of aromatic nitrogens is 3. The van der Waals surface area contributed by atoms with Crippen molar-refractivity contribution in [3.05, 3.63) is 48.2 Å². The van der Waals surface area contributed by atoms with Gasteiger partial charge >= 0.3 is 5.97 Å². The minimum absolute atomic E-state index is 0.295. The van der Waals surface area contributed by atoms with Crippen molar-refractivity contribution in [3.8, 4) is 11.5 Å². The fourth-order valence-electron chi connectivity index (χ4n) is 4.05. The average Bonchev–Trinajstić information content (AvgIpc) is 3.17. The van der Waals surface area contributed by atoms with E-state index in [0.29, 0.717) is 17.1 Å². The van der Waals surface area contributed by atoms with Crippen LogP contribution in [0.2, 0.25) is 0 Å². The number of amides is 1. The third-order valence-electron chi connectivity index (χ3n) is 5.57. The molecule has 2 heterocycles. The first kappa shape index (κ1) is 20.0. The number of benzene rings is 1. The number of fused-ring (bicyclic) bond motifs is 1. The van der Waals surface area contributed by atoms with Crippen molar-refractivity contribution in [3.63, 3.8) is 0 Å². The van der Waals surface area contributed by atoms with Crippen LogP contribution in [0, 0.1) is 0 Å². The van der Waals surface area contributed by atoms with E-state index >= 15 is 0 Å². The molecular formula is C22H24N4O4. The summed E-state index contributed by atoms with van der Waals surface area (Å²) in [4.78, 5) is 32.8. The number of carboxylic acids is 1. The van der Waals surface area contributed by atoms with Gasteiger partial charge in [0, 0.05) is 17.8 Å². The number of hydrogen-bond acceptors (Lipinski definition) is 5. The molecule has 1 amide bonds. The van der Waals surface area contributed by atoms with Gasteiger partial charge in [-0.2, -0.15) is 0 Å². The maximum absolute atomic E-state index is 12.5. The second-order valence-electron chi connectivity index (χ2n) is 7.56. The molecule has 1 aromatic carbocycles. The number of pyridine rings is 1. The second kappa shape index (κ2) is 8.62. The summed E-state index contributed by atoms with van der Waals surface area (Å²) in [5.74, 6) is -1.08. The van der Waals surface area contributed by atoms with E-state index in [1.165, 1.54) is 19.3 Å². The first-order valence-electron chi connectivity index (χ1n) is 10.2. The van der Waals surface area contributed by atoms with Gasteiger partial charge in [0.2, 0.25) is 0 Å². The zero-order chi connectivity index (χ0) is 21.1. The summed E-state index contributed by atoms with van der Waals surface area (Å²) in [6.45, 7) is -0.677. The van der Waals surface area contributed by atoms with E-state index in [1.807, 2.05) is 24.3 Å². The Morgan fingerprint density at radius 2 is 1.97 bits per heavy atom. The smallest absolute Gasteiger partial charge is 0.328 e. The molecule has 30 heavy (non-hydrogen) atoms. The van der Waals surface area contributed by atoms with Gasteiger partial charge in [-0.3, -0.25) is 9.78 Å². The summed E-state index contributed by atoms with van der Waals surface area (Å²) in [7, 11) is 0. The average molecular weight is 408 g/mol. The van der Waals surface area contributed by atoms with Crippen LogP contribution in [0.4, 0.5) is 0 Å². The van der Waals surface area contributed by atoms with Crippen molar-refractivity contribution in [2.75, 3.05) is 6.61 Å². The van der Waals surface area contributed by atoms with Gasteiger partial charge < -0.3 is 20.1 Å². The van der Waals surface area contributed by atoms with E-state index in [9.17, 15) is 9.59 Å². The van der Waals surface area contributed by atoms with Crippen molar-refractivity contribution in [2.24, 2.45) is 0 Å². The summed E-state index contributed by atoms with van der Waals surface area (Å²) in [5.41, 5.74) is 2.65. The molecule has 1 aliphatic rings. The molecule has 0 spiro atoms. The first-order chi connectivity index (χ1) is 14.6. The van der Waals surface area contributed by atoms with E-state index in [2.05, 4.69) is 14.9 Å². The van der Waals surface area contributed by atoms with Crippen LogP contribution in [-0.2, 0) is 4.79 Å². The topological polar surface area (TPSA) is 117 Å². The predicted octanol–water partition coefficient (Wildman–Crippen LogP) is 2.78. The van der Waals surface area contributed by atoms with Crippen molar-refractivity contribution in [1.29, 1.82) is 0 Å². The molecule has 4 rings (SSSR count). The van der Waals surface area contributed by atoms with Crippen LogP contribution in [0.1, 0.15) is 48.5 Å². The van der Waals surface area contributed by atoms with E-state index in [-0.39, 0.29) is 0 Å². The number of carbonyl (C=O) groups is 2. The number of nitrogens with zero attached hydrogens (tertiary/aromatic N) is 3. The Morgan fingerprint density at radius 3 is 2.63 bits per heavy atom. The lowest BCUT2D eigenvalue weighted by Crippen LogP contribution is -2.43. The Labute approximate surface area is 173 Å². The van der Waals surface area contributed by atoms with Gasteiger partial charge in [-0.1, -0.05) is 25.3 Å².